The Bertz CT molecular complexity index is 937. The highest BCUT2D eigenvalue weighted by atomic mass is 32.1. The van der Waals surface area contributed by atoms with Gasteiger partial charge in [-0.05, 0) is 19.1 Å². The summed E-state index contributed by atoms with van der Waals surface area (Å²) >= 11 is 1.45. The first-order chi connectivity index (χ1) is 11.3. The minimum absolute atomic E-state index is 0.232. The van der Waals surface area contributed by atoms with Crippen molar-refractivity contribution in [3.63, 3.8) is 0 Å². The van der Waals surface area contributed by atoms with Gasteiger partial charge < -0.3 is 18.5 Å². The van der Waals surface area contributed by atoms with Gasteiger partial charge in [-0.25, -0.2) is 0 Å². The summed E-state index contributed by atoms with van der Waals surface area (Å²) in [6, 6.07) is 7.16. The molecular weight excluding hydrogens is 316 g/mol. The summed E-state index contributed by atoms with van der Waals surface area (Å²) in [6.45, 7) is 3.80. The highest BCUT2D eigenvalue weighted by Gasteiger charge is 2.16. The second-order valence-electron chi connectivity index (χ2n) is 4.99. The molecular formula is C16H14N2O4S. The quantitative estimate of drug-likeness (QED) is 0.725. The average molecular weight is 330 g/mol. The molecule has 0 spiro atoms. The summed E-state index contributed by atoms with van der Waals surface area (Å²) in [5.74, 6) is 1.31. The molecule has 118 valence electrons. The molecule has 1 aliphatic heterocycles. The van der Waals surface area contributed by atoms with E-state index in [2.05, 4.69) is 4.99 Å². The highest BCUT2D eigenvalue weighted by Crippen LogP contribution is 2.35. The van der Waals surface area contributed by atoms with Gasteiger partial charge in [0.25, 0.3) is 0 Å². The number of thiazole rings is 1. The summed E-state index contributed by atoms with van der Waals surface area (Å²) in [7, 11) is 0. The largest absolute Gasteiger partial charge is 0.486 e. The molecule has 2 aromatic heterocycles. The zero-order valence-corrected chi connectivity index (χ0v) is 13.3. The third-order valence-corrected chi connectivity index (χ3v) is 4.63. The van der Waals surface area contributed by atoms with Crippen molar-refractivity contribution < 1.29 is 18.7 Å². The van der Waals surface area contributed by atoms with Gasteiger partial charge in [-0.15, -0.1) is 0 Å². The van der Waals surface area contributed by atoms with Crippen molar-refractivity contribution in [3.05, 3.63) is 41.1 Å². The van der Waals surface area contributed by atoms with Crippen LogP contribution in [0.5, 0.6) is 11.5 Å². The molecule has 7 heteroatoms. The molecule has 4 rings (SSSR count). The van der Waals surface area contributed by atoms with Crippen molar-refractivity contribution in [2.75, 3.05) is 13.2 Å². The number of benzene rings is 1. The molecule has 1 aliphatic rings. The molecule has 3 heterocycles. The van der Waals surface area contributed by atoms with Crippen LogP contribution < -0.4 is 14.3 Å². The second-order valence-corrected chi connectivity index (χ2v) is 6.00. The van der Waals surface area contributed by atoms with Crippen LogP contribution in [0.1, 0.15) is 17.5 Å². The lowest BCUT2D eigenvalue weighted by molar-refractivity contribution is 0.0971. The number of aryl methyl sites for hydroxylation is 1. The van der Waals surface area contributed by atoms with E-state index in [9.17, 15) is 4.79 Å². The van der Waals surface area contributed by atoms with Crippen LogP contribution in [-0.4, -0.2) is 23.7 Å². The minimum Gasteiger partial charge on any atom is -0.486 e. The molecule has 0 atom stereocenters. The molecule has 0 saturated carbocycles. The number of ether oxygens (including phenoxy) is 2. The smallest absolute Gasteiger partial charge is 0.315 e. The van der Waals surface area contributed by atoms with Gasteiger partial charge in [-0.1, -0.05) is 11.3 Å². The Morgan fingerprint density at radius 1 is 1.30 bits per heavy atom. The van der Waals surface area contributed by atoms with Crippen LogP contribution in [0, 0.1) is 0 Å². The second kappa shape index (κ2) is 5.58. The van der Waals surface area contributed by atoms with Crippen LogP contribution in [0.2, 0.25) is 0 Å². The van der Waals surface area contributed by atoms with E-state index in [0.29, 0.717) is 24.6 Å². The average Bonchev–Trinajstić information content (AvgIpc) is 3.20. The maximum atomic E-state index is 12.2. The molecule has 0 aliphatic carbocycles. The molecule has 0 fully saturated rings. The molecule has 3 aromatic rings. The molecule has 1 aromatic carbocycles. The fraction of sp³-hybridized carbons (Fsp3) is 0.250. The number of furan rings is 1. The van der Waals surface area contributed by atoms with Crippen molar-refractivity contribution in [3.8, 4) is 11.5 Å². The predicted molar refractivity (Wildman–Crippen MR) is 85.1 cm³/mol. The van der Waals surface area contributed by atoms with Gasteiger partial charge in [0.05, 0.1) is 16.5 Å². The van der Waals surface area contributed by atoms with Crippen LogP contribution in [0.15, 0.2) is 39.9 Å². The molecule has 0 unspecified atom stereocenters. The fourth-order valence-corrected chi connectivity index (χ4v) is 3.64. The number of hydrogen-bond acceptors (Lipinski definition) is 5. The van der Waals surface area contributed by atoms with Crippen LogP contribution >= 0.6 is 11.3 Å². The lowest BCUT2D eigenvalue weighted by Gasteiger charge is -2.18. The van der Waals surface area contributed by atoms with E-state index in [1.165, 1.54) is 17.6 Å². The molecule has 6 nitrogen and oxygen atoms in total. The molecule has 0 N–H and O–H groups in total. The summed E-state index contributed by atoms with van der Waals surface area (Å²) in [6.07, 6.45) is 1.46. The normalized spacial score (nSPS) is 14.4. The Morgan fingerprint density at radius 2 is 2.09 bits per heavy atom. The number of carbonyl (C=O) groups excluding carboxylic acids is 1. The highest BCUT2D eigenvalue weighted by molar-refractivity contribution is 7.16. The molecule has 23 heavy (non-hydrogen) atoms. The zero-order valence-electron chi connectivity index (χ0n) is 12.4. The van der Waals surface area contributed by atoms with Crippen LogP contribution in [0.4, 0.5) is 0 Å². The fourth-order valence-electron chi connectivity index (χ4n) is 2.54. The van der Waals surface area contributed by atoms with E-state index in [-0.39, 0.29) is 11.7 Å². The summed E-state index contributed by atoms with van der Waals surface area (Å²) in [4.78, 5) is 17.0. The molecule has 0 saturated heterocycles. The first-order valence-electron chi connectivity index (χ1n) is 7.32. The van der Waals surface area contributed by atoms with Crippen LogP contribution in [0.25, 0.3) is 10.2 Å². The van der Waals surface area contributed by atoms with Gasteiger partial charge in [0, 0.05) is 18.7 Å². The maximum Gasteiger partial charge on any atom is 0.315 e. The summed E-state index contributed by atoms with van der Waals surface area (Å²) in [5.41, 5.74) is 0.979. The molecule has 1 amide bonds. The van der Waals surface area contributed by atoms with E-state index in [1.807, 2.05) is 23.6 Å². The SMILES string of the molecule is CCn1c(=NC(=O)c2ccco2)sc2cc3c(cc21)OCCO3. The number of amides is 1. The minimum atomic E-state index is -0.388. The van der Waals surface area contributed by atoms with Gasteiger partial charge in [0.2, 0.25) is 0 Å². The van der Waals surface area contributed by atoms with Crippen molar-refractivity contribution >= 4 is 27.5 Å². The van der Waals surface area contributed by atoms with Gasteiger partial charge in [0.15, 0.2) is 22.1 Å². The number of aromatic nitrogens is 1. The number of fused-ring (bicyclic) bond motifs is 2. The predicted octanol–water partition coefficient (Wildman–Crippen LogP) is 2.83. The monoisotopic (exact) mass is 330 g/mol. The summed E-state index contributed by atoms with van der Waals surface area (Å²) in [5, 5.41) is 0. The standard InChI is InChI=1S/C16H14N2O4S/c1-2-18-10-8-12-13(22-7-6-21-12)9-14(10)23-16(18)17-15(19)11-4-3-5-20-11/h3-5,8-9H,2,6-7H2,1H3. The third kappa shape index (κ3) is 2.43. The van der Waals surface area contributed by atoms with E-state index in [0.717, 1.165) is 21.7 Å². The van der Waals surface area contributed by atoms with Gasteiger partial charge in [0.1, 0.15) is 13.2 Å². The number of carbonyl (C=O) groups is 1. The van der Waals surface area contributed by atoms with E-state index >= 15 is 0 Å². The third-order valence-electron chi connectivity index (χ3n) is 3.59. The molecule has 0 radical (unpaired) electrons. The van der Waals surface area contributed by atoms with Crippen LogP contribution in [0.3, 0.4) is 0 Å². The van der Waals surface area contributed by atoms with Crippen molar-refractivity contribution in [2.24, 2.45) is 4.99 Å². The first-order valence-corrected chi connectivity index (χ1v) is 8.13. The van der Waals surface area contributed by atoms with E-state index in [4.69, 9.17) is 13.9 Å². The first kappa shape index (κ1) is 14.1. The zero-order chi connectivity index (χ0) is 15.8. The number of nitrogens with zero attached hydrogens (tertiary/aromatic N) is 2. The summed E-state index contributed by atoms with van der Waals surface area (Å²) < 4.78 is 19.3. The van der Waals surface area contributed by atoms with Crippen molar-refractivity contribution in [1.29, 1.82) is 0 Å². The number of rotatable bonds is 2. The van der Waals surface area contributed by atoms with Gasteiger partial charge >= 0.3 is 5.91 Å². The van der Waals surface area contributed by atoms with Gasteiger partial charge in [-0.3, -0.25) is 4.79 Å². The van der Waals surface area contributed by atoms with Crippen molar-refractivity contribution in [2.45, 2.75) is 13.5 Å². The van der Waals surface area contributed by atoms with E-state index in [1.54, 1.807) is 12.1 Å². The maximum absolute atomic E-state index is 12.2. The van der Waals surface area contributed by atoms with E-state index < -0.39 is 0 Å². The lowest BCUT2D eigenvalue weighted by atomic mass is 10.2. The molecule has 0 bridgehead atoms. The Hall–Kier alpha value is -2.54. The van der Waals surface area contributed by atoms with Crippen LogP contribution in [-0.2, 0) is 6.54 Å². The Kier molecular flexibility index (Phi) is 3.42. The Balaban J connectivity index is 1.88. The topological polar surface area (TPSA) is 66.0 Å². The van der Waals surface area contributed by atoms with Crippen molar-refractivity contribution in [1.82, 2.24) is 4.57 Å². The van der Waals surface area contributed by atoms with Gasteiger partial charge in [-0.2, -0.15) is 4.99 Å². The lowest BCUT2D eigenvalue weighted by Crippen LogP contribution is -2.17. The Labute approximate surface area is 135 Å². The Morgan fingerprint density at radius 3 is 2.78 bits per heavy atom. The number of hydrogen-bond donors (Lipinski definition) is 0.